The number of fused-ring (bicyclic) bond motifs is 10. The van der Waals surface area contributed by atoms with Crippen molar-refractivity contribution >= 4 is 60.5 Å². The van der Waals surface area contributed by atoms with Gasteiger partial charge in [0.05, 0.1) is 17.1 Å². The molecule has 2 heterocycles. The summed E-state index contributed by atoms with van der Waals surface area (Å²) in [5.74, 6) is 0.375. The molecule has 8 aromatic rings. The summed E-state index contributed by atoms with van der Waals surface area (Å²) in [6, 6.07) is 50.2. The van der Waals surface area contributed by atoms with E-state index >= 15 is 0 Å². The van der Waals surface area contributed by atoms with Crippen molar-refractivity contribution in [2.24, 2.45) is 5.92 Å². The van der Waals surface area contributed by atoms with Crippen LogP contribution in [-0.4, -0.2) is 9.13 Å². The molecule has 0 amide bonds. The lowest BCUT2D eigenvalue weighted by Gasteiger charge is -2.25. The third-order valence-electron chi connectivity index (χ3n) is 12.4. The molecule has 12 rings (SSSR count). The van der Waals surface area contributed by atoms with Crippen molar-refractivity contribution in [3.8, 4) is 11.1 Å². The fourth-order valence-corrected chi connectivity index (χ4v) is 10.1. The van der Waals surface area contributed by atoms with Crippen LogP contribution in [0.4, 0.5) is 0 Å². The number of hydrogen-bond donors (Lipinski definition) is 0. The molecule has 4 aliphatic carbocycles. The molecule has 0 fully saturated rings. The van der Waals surface area contributed by atoms with Crippen molar-refractivity contribution in [2.45, 2.75) is 25.3 Å². The molecule has 2 heteroatoms. The van der Waals surface area contributed by atoms with Gasteiger partial charge in [-0.05, 0) is 100 Å². The van der Waals surface area contributed by atoms with Gasteiger partial charge in [0, 0.05) is 49.8 Å². The zero-order chi connectivity index (χ0) is 34.6. The van der Waals surface area contributed by atoms with E-state index in [2.05, 4.69) is 179 Å². The van der Waals surface area contributed by atoms with E-state index in [0.717, 1.165) is 19.3 Å². The minimum Gasteiger partial charge on any atom is -0.333 e. The Kier molecular flexibility index (Phi) is 6.10. The summed E-state index contributed by atoms with van der Waals surface area (Å²) in [7, 11) is 0. The Balaban J connectivity index is 0.991. The summed E-state index contributed by atoms with van der Waals surface area (Å²) in [5, 5.41) is 5.22. The molecule has 2 atom stereocenters. The third-order valence-corrected chi connectivity index (χ3v) is 12.4. The number of allylic oxidation sites excluding steroid dienone is 9. The molecule has 0 bridgehead atoms. The summed E-state index contributed by atoms with van der Waals surface area (Å²) in [4.78, 5) is 0. The van der Waals surface area contributed by atoms with Crippen molar-refractivity contribution < 1.29 is 0 Å². The van der Waals surface area contributed by atoms with Gasteiger partial charge >= 0.3 is 0 Å². The molecule has 0 aliphatic heterocycles. The first kappa shape index (κ1) is 29.2. The molecule has 2 aromatic heterocycles. The Hall–Kier alpha value is -6.38. The minimum absolute atomic E-state index is 0.233. The quantitative estimate of drug-likeness (QED) is 0.176. The SMILES string of the molecule is C1=CC2C[C@@H](n3c4ccccc4c4cc(-c5ccc6c(c5)c5ccccc5n6C5=CCCc6ccccc65)ccc43)C=CC3=C2C(=C1)c1ccccc13. The van der Waals surface area contributed by atoms with E-state index in [1.165, 1.54) is 99.4 Å². The number of hydrogen-bond acceptors (Lipinski definition) is 0. The van der Waals surface area contributed by atoms with Crippen LogP contribution in [0.25, 0.3) is 71.6 Å². The van der Waals surface area contributed by atoms with Gasteiger partial charge in [-0.1, -0.05) is 134 Å². The Bertz CT molecular complexity index is 3040. The van der Waals surface area contributed by atoms with E-state index in [-0.39, 0.29) is 6.04 Å². The van der Waals surface area contributed by atoms with Crippen molar-refractivity contribution in [1.29, 1.82) is 0 Å². The van der Waals surface area contributed by atoms with Gasteiger partial charge in [-0.25, -0.2) is 0 Å². The van der Waals surface area contributed by atoms with Gasteiger partial charge in [0.25, 0.3) is 0 Å². The van der Waals surface area contributed by atoms with Gasteiger partial charge in [-0.15, -0.1) is 0 Å². The highest BCUT2D eigenvalue weighted by atomic mass is 15.0. The van der Waals surface area contributed by atoms with Crippen molar-refractivity contribution in [3.63, 3.8) is 0 Å². The Labute approximate surface area is 308 Å². The van der Waals surface area contributed by atoms with Crippen LogP contribution in [-0.2, 0) is 6.42 Å². The van der Waals surface area contributed by atoms with E-state index in [9.17, 15) is 0 Å². The Morgan fingerprint density at radius 3 is 2.04 bits per heavy atom. The molecule has 1 unspecified atom stereocenters. The van der Waals surface area contributed by atoms with Crippen LogP contribution in [0.2, 0.25) is 0 Å². The van der Waals surface area contributed by atoms with E-state index < -0.39 is 0 Å². The highest BCUT2D eigenvalue weighted by molar-refractivity contribution is 6.13. The van der Waals surface area contributed by atoms with E-state index in [1.54, 1.807) is 0 Å². The molecule has 0 N–H and O–H groups in total. The first-order valence-corrected chi connectivity index (χ1v) is 19.1. The largest absolute Gasteiger partial charge is 0.333 e. The number of rotatable bonds is 3. The van der Waals surface area contributed by atoms with Gasteiger partial charge in [0.15, 0.2) is 0 Å². The second kappa shape index (κ2) is 11.1. The fourth-order valence-electron chi connectivity index (χ4n) is 10.1. The van der Waals surface area contributed by atoms with Crippen LogP contribution >= 0.6 is 0 Å². The lowest BCUT2D eigenvalue weighted by molar-refractivity contribution is 0.535. The number of aryl methyl sites for hydroxylation is 1. The summed E-state index contributed by atoms with van der Waals surface area (Å²) >= 11 is 0. The molecule has 0 saturated carbocycles. The normalized spacial score (nSPS) is 18.7. The first-order chi connectivity index (χ1) is 26.3. The number of aromatic nitrogens is 2. The van der Waals surface area contributed by atoms with Gasteiger partial charge in [-0.2, -0.15) is 0 Å². The number of para-hydroxylation sites is 2. The molecule has 53 heavy (non-hydrogen) atoms. The van der Waals surface area contributed by atoms with Crippen LogP contribution in [0.1, 0.15) is 41.1 Å². The van der Waals surface area contributed by atoms with Crippen LogP contribution in [0.15, 0.2) is 175 Å². The second-order valence-corrected chi connectivity index (χ2v) is 15.1. The van der Waals surface area contributed by atoms with Crippen molar-refractivity contribution in [1.82, 2.24) is 9.13 Å². The lowest BCUT2D eigenvalue weighted by Crippen LogP contribution is -2.13. The van der Waals surface area contributed by atoms with Crippen LogP contribution < -0.4 is 0 Å². The van der Waals surface area contributed by atoms with E-state index in [0.29, 0.717) is 5.92 Å². The molecule has 0 radical (unpaired) electrons. The molecule has 2 nitrogen and oxygen atoms in total. The van der Waals surface area contributed by atoms with Gasteiger partial charge in [0.1, 0.15) is 0 Å². The van der Waals surface area contributed by atoms with Crippen LogP contribution in [0.3, 0.4) is 0 Å². The third kappa shape index (κ3) is 4.15. The average molecular weight is 677 g/mol. The molecule has 6 aromatic carbocycles. The number of nitrogens with zero attached hydrogens (tertiary/aromatic N) is 2. The zero-order valence-electron chi connectivity index (χ0n) is 29.3. The van der Waals surface area contributed by atoms with Crippen LogP contribution in [0.5, 0.6) is 0 Å². The molecule has 0 saturated heterocycles. The highest BCUT2D eigenvalue weighted by Gasteiger charge is 2.34. The summed E-state index contributed by atoms with van der Waals surface area (Å²) in [6.45, 7) is 0. The second-order valence-electron chi connectivity index (χ2n) is 15.1. The molecule has 4 aliphatic rings. The van der Waals surface area contributed by atoms with Gasteiger partial charge in [0.2, 0.25) is 0 Å². The van der Waals surface area contributed by atoms with Gasteiger partial charge < -0.3 is 9.13 Å². The smallest absolute Gasteiger partial charge is 0.0541 e. The maximum Gasteiger partial charge on any atom is 0.0541 e. The monoisotopic (exact) mass is 676 g/mol. The van der Waals surface area contributed by atoms with Crippen molar-refractivity contribution in [2.75, 3.05) is 0 Å². The molecular formula is C51H36N2. The predicted octanol–water partition coefficient (Wildman–Crippen LogP) is 12.9. The Morgan fingerprint density at radius 1 is 0.547 bits per heavy atom. The highest BCUT2D eigenvalue weighted by Crippen LogP contribution is 2.51. The predicted molar refractivity (Wildman–Crippen MR) is 223 cm³/mol. The van der Waals surface area contributed by atoms with Gasteiger partial charge in [-0.3, -0.25) is 0 Å². The van der Waals surface area contributed by atoms with E-state index in [4.69, 9.17) is 0 Å². The van der Waals surface area contributed by atoms with Crippen molar-refractivity contribution in [3.05, 3.63) is 198 Å². The minimum atomic E-state index is 0.233. The average Bonchev–Trinajstić information content (AvgIpc) is 3.79. The maximum atomic E-state index is 2.61. The standard InChI is InChI=1S/C51H36N2/c1-2-14-37-32(11-1)12-10-22-46(37)53-48-21-8-6-18-41(48)45-31-34(24-28-50(45)53)33-23-27-49-44(30-33)40-17-5-7-20-47(40)52(49)36-25-26-43-39-16-4-3-15-38(39)42-19-9-13-35(29-36)51(42)43/h1-9,11,13-28,30-31,35-36H,10,12,29H2/t35?,36-/m0/s1. The number of benzene rings is 6. The zero-order valence-corrected chi connectivity index (χ0v) is 29.3. The summed E-state index contributed by atoms with van der Waals surface area (Å²) < 4.78 is 5.10. The fraction of sp³-hybridized carbons (Fsp3) is 0.0980. The Morgan fingerprint density at radius 2 is 1.19 bits per heavy atom. The summed E-state index contributed by atoms with van der Waals surface area (Å²) in [6.07, 6.45) is 17.5. The van der Waals surface area contributed by atoms with E-state index in [1.807, 2.05) is 0 Å². The molecule has 250 valence electrons. The maximum absolute atomic E-state index is 2.61. The summed E-state index contributed by atoms with van der Waals surface area (Å²) in [5.41, 5.74) is 18.7. The van der Waals surface area contributed by atoms with Crippen LogP contribution in [0, 0.1) is 5.92 Å². The topological polar surface area (TPSA) is 9.86 Å². The molecular weight excluding hydrogens is 641 g/mol. The lowest BCUT2D eigenvalue weighted by atomic mass is 9.84. The first-order valence-electron chi connectivity index (χ1n) is 19.1. The molecule has 0 spiro atoms.